The molecule has 0 aromatic carbocycles. The van der Waals surface area contributed by atoms with Gasteiger partial charge in [0.25, 0.3) is 0 Å². The Hall–Kier alpha value is -0.110. The molecule has 8 N–H and O–H groups in total. The summed E-state index contributed by atoms with van der Waals surface area (Å²) < 4.78 is 0. The van der Waals surface area contributed by atoms with Crippen molar-refractivity contribution in [3.05, 3.63) is 0 Å². The molecule has 0 amide bonds. The highest BCUT2D eigenvalue weighted by Crippen LogP contribution is 2.20. The van der Waals surface area contributed by atoms with Crippen LogP contribution in [0.25, 0.3) is 0 Å². The minimum absolute atomic E-state index is 0. The molecule has 8 atom stereocenters. The highest BCUT2D eigenvalue weighted by atomic mass is 35.5. The van der Waals surface area contributed by atoms with E-state index < -0.39 is 48.7 Å². The van der Waals surface area contributed by atoms with E-state index in [2.05, 4.69) is 13.8 Å². The van der Waals surface area contributed by atoms with Gasteiger partial charge in [0, 0.05) is 13.1 Å². The van der Waals surface area contributed by atoms with Crippen molar-refractivity contribution in [3.8, 4) is 0 Å². The molecule has 188 valence electrons. The number of hydrogen-bond acceptors (Lipinski definition) is 10. The maximum absolute atomic E-state index is 9.67. The minimum atomic E-state index is -1.15. The maximum Gasteiger partial charge on any atom is 0.109 e. The van der Waals surface area contributed by atoms with Crippen LogP contribution in [-0.2, 0) is 0 Å². The van der Waals surface area contributed by atoms with E-state index in [9.17, 15) is 30.6 Å². The van der Waals surface area contributed by atoms with E-state index in [1.807, 2.05) is 9.80 Å². The lowest BCUT2D eigenvalue weighted by Crippen LogP contribution is -2.62. The largest absolute Gasteiger partial charge is 0.395 e. The van der Waals surface area contributed by atoms with Crippen LogP contribution in [0.1, 0.15) is 39.5 Å². The lowest BCUT2D eigenvalue weighted by Gasteiger charge is -2.43. The highest BCUT2D eigenvalue weighted by molar-refractivity contribution is 5.85. The number of nitrogens with zero attached hydrogens (tertiary/aromatic N) is 2. The summed E-state index contributed by atoms with van der Waals surface area (Å²) in [6.07, 6.45) is -2.38. The van der Waals surface area contributed by atoms with E-state index in [0.717, 1.165) is 38.8 Å². The fraction of sp³-hybridized carbons (Fsp3) is 1.00. The summed E-state index contributed by atoms with van der Waals surface area (Å²) in [6, 6.07) is -0.926. The van der Waals surface area contributed by atoms with Crippen LogP contribution in [0.4, 0.5) is 0 Å². The van der Waals surface area contributed by atoms with Crippen LogP contribution in [0, 0.1) is 0 Å². The Balaban J connectivity index is 0.000000562. The van der Waals surface area contributed by atoms with Crippen molar-refractivity contribution in [2.75, 3.05) is 39.4 Å². The predicted molar refractivity (Wildman–Crippen MR) is 118 cm³/mol. The van der Waals surface area contributed by atoms with Crippen molar-refractivity contribution >= 4 is 12.4 Å². The van der Waals surface area contributed by atoms with Crippen molar-refractivity contribution < 1.29 is 40.9 Å². The zero-order valence-corrected chi connectivity index (χ0v) is 19.4. The molecule has 2 aliphatic heterocycles. The quantitative estimate of drug-likeness (QED) is 0.188. The van der Waals surface area contributed by atoms with Gasteiger partial charge in [0.1, 0.15) is 24.4 Å². The Morgan fingerprint density at radius 1 is 0.613 bits per heavy atom. The van der Waals surface area contributed by atoms with Gasteiger partial charge in [0.15, 0.2) is 0 Å². The zero-order valence-electron chi connectivity index (χ0n) is 18.6. The summed E-state index contributed by atoms with van der Waals surface area (Å²) in [5, 5.41) is 75.5. The fourth-order valence-electron chi connectivity index (χ4n) is 3.99. The van der Waals surface area contributed by atoms with Gasteiger partial charge in [-0.15, -0.1) is 12.4 Å². The lowest BCUT2D eigenvalue weighted by molar-refractivity contribution is -0.145. The van der Waals surface area contributed by atoms with Crippen molar-refractivity contribution in [3.63, 3.8) is 0 Å². The Kier molecular flexibility index (Phi) is 15.6. The van der Waals surface area contributed by atoms with Gasteiger partial charge in [-0.2, -0.15) is 0 Å². The van der Waals surface area contributed by atoms with Crippen molar-refractivity contribution in [1.82, 2.24) is 9.80 Å². The van der Waals surface area contributed by atoms with Gasteiger partial charge < -0.3 is 40.9 Å². The average molecular weight is 475 g/mol. The topological polar surface area (TPSA) is 168 Å². The molecule has 8 unspecified atom stereocenters. The molecule has 0 saturated carbocycles. The molecule has 0 aromatic rings. The average Bonchev–Trinajstić information content (AvgIpc) is 2.73. The van der Waals surface area contributed by atoms with Crippen molar-refractivity contribution in [2.24, 2.45) is 0 Å². The fourth-order valence-corrected chi connectivity index (χ4v) is 3.99. The van der Waals surface area contributed by atoms with Crippen LogP contribution < -0.4 is 0 Å². The van der Waals surface area contributed by atoms with Gasteiger partial charge in [-0.1, -0.05) is 26.7 Å². The Bertz CT molecular complexity index is 427. The van der Waals surface area contributed by atoms with Gasteiger partial charge in [-0.05, 0) is 25.9 Å². The second kappa shape index (κ2) is 15.7. The SMILES string of the molecule is CCCCN1CC(O)C(O)C(O)C1CO.CCCCN1CC(O)C(O)C(O)C1CO.Cl. The monoisotopic (exact) mass is 474 g/mol. The first-order chi connectivity index (χ1) is 14.2. The third kappa shape index (κ3) is 8.63. The molecule has 0 aliphatic carbocycles. The third-order valence-electron chi connectivity index (χ3n) is 6.03. The molecular weight excluding hydrogens is 432 g/mol. The van der Waals surface area contributed by atoms with Crippen LogP contribution in [0.2, 0.25) is 0 Å². The van der Waals surface area contributed by atoms with E-state index in [1.54, 1.807) is 0 Å². The molecule has 2 fully saturated rings. The molecule has 2 saturated heterocycles. The molecule has 0 spiro atoms. The van der Waals surface area contributed by atoms with Crippen LogP contribution in [0.5, 0.6) is 0 Å². The first kappa shape index (κ1) is 30.9. The predicted octanol–water partition coefficient (Wildman–Crippen LogP) is -2.49. The summed E-state index contributed by atoms with van der Waals surface area (Å²) >= 11 is 0. The number of piperidine rings is 2. The number of rotatable bonds is 8. The molecular formula is C20H43ClN2O8. The van der Waals surface area contributed by atoms with Crippen LogP contribution in [0.15, 0.2) is 0 Å². The Morgan fingerprint density at radius 2 is 0.935 bits per heavy atom. The van der Waals surface area contributed by atoms with E-state index >= 15 is 0 Å². The number of β-amino-alcohol motifs (C(OH)–C–C–N with tert-alkyl or cyclic N) is 2. The zero-order chi connectivity index (χ0) is 22.8. The first-order valence-electron chi connectivity index (χ1n) is 11.0. The summed E-state index contributed by atoms with van der Waals surface area (Å²) in [6.45, 7) is 5.78. The number of likely N-dealkylation sites (tertiary alicyclic amines) is 2. The normalized spacial score (nSPS) is 37.0. The number of aliphatic hydroxyl groups excluding tert-OH is 8. The summed E-state index contributed by atoms with van der Waals surface area (Å²) in [5.41, 5.74) is 0. The van der Waals surface area contributed by atoms with Gasteiger partial charge in [-0.25, -0.2) is 0 Å². The van der Waals surface area contributed by atoms with Crippen LogP contribution in [0.3, 0.4) is 0 Å². The number of aliphatic hydroxyl groups is 8. The highest BCUT2D eigenvalue weighted by Gasteiger charge is 2.41. The lowest BCUT2D eigenvalue weighted by atomic mass is 9.94. The second-order valence-corrected chi connectivity index (χ2v) is 8.29. The van der Waals surface area contributed by atoms with E-state index in [-0.39, 0.29) is 25.6 Å². The van der Waals surface area contributed by atoms with Crippen LogP contribution in [-0.4, -0.2) is 139 Å². The third-order valence-corrected chi connectivity index (χ3v) is 6.03. The van der Waals surface area contributed by atoms with E-state index in [4.69, 9.17) is 10.2 Å². The van der Waals surface area contributed by atoms with Crippen molar-refractivity contribution in [1.29, 1.82) is 0 Å². The number of unbranched alkanes of at least 4 members (excludes halogenated alkanes) is 2. The second-order valence-electron chi connectivity index (χ2n) is 8.29. The molecule has 11 heteroatoms. The van der Waals surface area contributed by atoms with Crippen LogP contribution >= 0.6 is 12.4 Å². The molecule has 31 heavy (non-hydrogen) atoms. The van der Waals surface area contributed by atoms with Crippen molar-refractivity contribution in [2.45, 2.75) is 88.2 Å². The summed E-state index contributed by atoms with van der Waals surface area (Å²) in [5.74, 6) is 0. The van der Waals surface area contributed by atoms with Gasteiger partial charge >= 0.3 is 0 Å². The van der Waals surface area contributed by atoms with Gasteiger partial charge in [-0.3, -0.25) is 9.80 Å². The first-order valence-corrected chi connectivity index (χ1v) is 11.0. The molecule has 2 aliphatic rings. The van der Waals surface area contributed by atoms with E-state index in [1.165, 1.54) is 0 Å². The summed E-state index contributed by atoms with van der Waals surface area (Å²) in [4.78, 5) is 3.68. The number of hydrogen-bond donors (Lipinski definition) is 8. The Labute approximate surface area is 191 Å². The minimum Gasteiger partial charge on any atom is -0.395 e. The van der Waals surface area contributed by atoms with Gasteiger partial charge in [0.05, 0.1) is 37.5 Å². The standard InChI is InChI=1S/2C10H21NO4.ClH/c2*1-2-3-4-11-5-8(13)10(15)9(14)7(11)6-12;/h2*7-10,12-15H,2-6H2,1H3;1H. The number of halogens is 1. The molecule has 0 radical (unpaired) electrons. The molecule has 0 bridgehead atoms. The van der Waals surface area contributed by atoms with Gasteiger partial charge in [0.2, 0.25) is 0 Å². The maximum atomic E-state index is 9.67. The molecule has 2 heterocycles. The smallest absolute Gasteiger partial charge is 0.109 e. The summed E-state index contributed by atoms with van der Waals surface area (Å²) in [7, 11) is 0. The molecule has 0 aromatic heterocycles. The Morgan fingerprint density at radius 3 is 1.19 bits per heavy atom. The molecule has 10 nitrogen and oxygen atoms in total. The molecule has 2 rings (SSSR count). The van der Waals surface area contributed by atoms with E-state index in [0.29, 0.717) is 13.1 Å².